The van der Waals surface area contributed by atoms with Crippen LogP contribution in [0.1, 0.15) is 50.0 Å². The van der Waals surface area contributed by atoms with Gasteiger partial charge in [-0.3, -0.25) is 4.79 Å². The van der Waals surface area contributed by atoms with Crippen molar-refractivity contribution in [2.45, 2.75) is 52.0 Å². The second kappa shape index (κ2) is 7.29. The summed E-state index contributed by atoms with van der Waals surface area (Å²) in [5, 5.41) is 14.5. The Hall–Kier alpha value is -2.31. The summed E-state index contributed by atoms with van der Waals surface area (Å²) in [6, 6.07) is 5.69. The Bertz CT molecular complexity index is 739. The minimum absolute atomic E-state index is 0.132. The number of amides is 1. The fraction of sp³-hybridized carbons (Fsp3) is 0.556. The zero-order chi connectivity index (χ0) is 17.9. The minimum atomic E-state index is -0.596. The zero-order valence-corrected chi connectivity index (χ0v) is 14.7. The molecule has 6 nitrogen and oxygen atoms in total. The van der Waals surface area contributed by atoms with Gasteiger partial charge in [0.15, 0.2) is 0 Å². The third-order valence-corrected chi connectivity index (χ3v) is 5.07. The lowest BCUT2D eigenvalue weighted by atomic mass is 9.89. The van der Waals surface area contributed by atoms with Gasteiger partial charge in [-0.1, -0.05) is 31.9 Å². The zero-order valence-electron chi connectivity index (χ0n) is 14.7. The number of nitrogens with zero attached hydrogens (tertiary/aromatic N) is 4. The molecule has 0 unspecified atom stereocenters. The normalized spacial score (nSPS) is 17.4. The summed E-state index contributed by atoms with van der Waals surface area (Å²) in [5.41, 5.74) is 0.900. The summed E-state index contributed by atoms with van der Waals surface area (Å²) in [4.78, 5) is 12.9. The Labute approximate surface area is 146 Å². The lowest BCUT2D eigenvalue weighted by molar-refractivity contribution is -0.125. The van der Waals surface area contributed by atoms with Crippen LogP contribution < -0.4 is 5.32 Å². The number of carbonyl (C=O) groups is 1. The van der Waals surface area contributed by atoms with Crippen LogP contribution in [0, 0.1) is 18.2 Å². The van der Waals surface area contributed by atoms with E-state index in [1.54, 1.807) is 19.1 Å². The van der Waals surface area contributed by atoms with Gasteiger partial charge >= 0.3 is 0 Å². The maximum Gasteiger partial charge on any atom is 0.245 e. The lowest BCUT2D eigenvalue weighted by Gasteiger charge is -2.25. The fourth-order valence-electron chi connectivity index (χ4n) is 3.53. The number of hydrogen-bond donors (Lipinski definition) is 1. The Morgan fingerprint density at radius 3 is 2.80 bits per heavy atom. The Morgan fingerprint density at radius 1 is 1.40 bits per heavy atom. The molecule has 1 aromatic heterocycles. The van der Waals surface area contributed by atoms with Crippen molar-refractivity contribution in [1.29, 1.82) is 0 Å². The van der Waals surface area contributed by atoms with E-state index in [1.807, 2.05) is 0 Å². The number of nitrogens with one attached hydrogen (secondary N) is 1. The van der Waals surface area contributed by atoms with Gasteiger partial charge in [0, 0.05) is 13.0 Å². The largest absolute Gasteiger partial charge is 0.354 e. The van der Waals surface area contributed by atoms with Crippen LogP contribution in [0.3, 0.4) is 0 Å². The highest BCUT2D eigenvalue weighted by Crippen LogP contribution is 2.36. The standard InChI is InChI=1S/C18H24FN5O/c1-13-21-22-23-24(13)16(11-14-6-5-7-15(19)10-14)17(25)20-12-18(2)8-3-4-9-18/h5-7,10,16H,3-4,8-9,11-12H2,1-2H3,(H,20,25)/t16-/m0/s1. The van der Waals surface area contributed by atoms with Crippen LogP contribution in [-0.2, 0) is 11.2 Å². The maximum absolute atomic E-state index is 13.5. The van der Waals surface area contributed by atoms with Crippen molar-refractivity contribution in [2.75, 3.05) is 6.54 Å². The van der Waals surface area contributed by atoms with Crippen molar-refractivity contribution in [3.63, 3.8) is 0 Å². The van der Waals surface area contributed by atoms with Crippen molar-refractivity contribution < 1.29 is 9.18 Å². The Kier molecular flexibility index (Phi) is 5.11. The van der Waals surface area contributed by atoms with Crippen LogP contribution >= 0.6 is 0 Å². The first-order valence-corrected chi connectivity index (χ1v) is 8.73. The van der Waals surface area contributed by atoms with Gasteiger partial charge in [0.05, 0.1) is 0 Å². The number of benzene rings is 1. The summed E-state index contributed by atoms with van der Waals surface area (Å²) < 4.78 is 15.0. The van der Waals surface area contributed by atoms with Crippen molar-refractivity contribution >= 4 is 5.91 Å². The van der Waals surface area contributed by atoms with Crippen LogP contribution in [0.15, 0.2) is 24.3 Å². The van der Waals surface area contributed by atoms with Gasteiger partial charge in [0.1, 0.15) is 17.7 Å². The highest BCUT2D eigenvalue weighted by atomic mass is 19.1. The van der Waals surface area contributed by atoms with Crippen LogP contribution in [0.25, 0.3) is 0 Å². The fourth-order valence-corrected chi connectivity index (χ4v) is 3.53. The van der Waals surface area contributed by atoms with Crippen LogP contribution in [0.5, 0.6) is 0 Å². The molecule has 2 aromatic rings. The highest BCUT2D eigenvalue weighted by molar-refractivity contribution is 5.80. The SMILES string of the molecule is Cc1nnnn1[C@@H](Cc1cccc(F)c1)C(=O)NCC1(C)CCCC1. The average Bonchev–Trinajstić information content (AvgIpc) is 3.20. The number of tetrazole rings is 1. The number of halogens is 1. The van der Waals surface area contributed by atoms with Gasteiger partial charge in [0.25, 0.3) is 0 Å². The quantitative estimate of drug-likeness (QED) is 0.873. The summed E-state index contributed by atoms with van der Waals surface area (Å²) in [7, 11) is 0. The molecule has 3 rings (SSSR count). The molecule has 1 heterocycles. The van der Waals surface area contributed by atoms with Crippen molar-refractivity contribution in [2.24, 2.45) is 5.41 Å². The molecule has 0 bridgehead atoms. The number of rotatable bonds is 6. The molecule has 1 amide bonds. The molecular weight excluding hydrogens is 321 g/mol. The molecule has 134 valence electrons. The molecule has 0 radical (unpaired) electrons. The van der Waals surface area contributed by atoms with E-state index < -0.39 is 6.04 Å². The molecule has 1 N–H and O–H groups in total. The van der Waals surface area contributed by atoms with E-state index in [9.17, 15) is 9.18 Å². The first-order valence-electron chi connectivity index (χ1n) is 8.73. The van der Waals surface area contributed by atoms with Gasteiger partial charge in [-0.05, 0) is 53.3 Å². The topological polar surface area (TPSA) is 72.7 Å². The predicted molar refractivity (Wildman–Crippen MR) is 91.3 cm³/mol. The van der Waals surface area contributed by atoms with Gasteiger partial charge < -0.3 is 5.32 Å². The Balaban J connectivity index is 1.76. The molecule has 25 heavy (non-hydrogen) atoms. The first kappa shape index (κ1) is 17.5. The van der Waals surface area contributed by atoms with E-state index in [2.05, 4.69) is 27.8 Å². The summed E-state index contributed by atoms with van der Waals surface area (Å²) in [6.07, 6.45) is 5.03. The van der Waals surface area contributed by atoms with E-state index in [0.29, 0.717) is 18.8 Å². The molecule has 1 aliphatic carbocycles. The minimum Gasteiger partial charge on any atom is -0.354 e. The van der Waals surface area contributed by atoms with E-state index >= 15 is 0 Å². The third kappa shape index (κ3) is 4.21. The second-order valence-electron chi connectivity index (χ2n) is 7.26. The third-order valence-electron chi connectivity index (χ3n) is 5.07. The van der Waals surface area contributed by atoms with E-state index in [0.717, 1.165) is 18.4 Å². The summed E-state index contributed by atoms with van der Waals surface area (Å²) in [6.45, 7) is 4.61. The smallest absolute Gasteiger partial charge is 0.245 e. The van der Waals surface area contributed by atoms with Crippen molar-refractivity contribution in [3.8, 4) is 0 Å². The van der Waals surface area contributed by atoms with Crippen molar-refractivity contribution in [1.82, 2.24) is 25.5 Å². The second-order valence-corrected chi connectivity index (χ2v) is 7.26. The molecular formula is C18H24FN5O. The van der Waals surface area contributed by atoms with E-state index in [1.165, 1.54) is 29.7 Å². The number of aromatic nitrogens is 4. The Morgan fingerprint density at radius 2 is 2.16 bits per heavy atom. The lowest BCUT2D eigenvalue weighted by Crippen LogP contribution is -2.40. The molecule has 7 heteroatoms. The molecule has 1 aromatic carbocycles. The van der Waals surface area contributed by atoms with Gasteiger partial charge in [-0.2, -0.15) is 0 Å². The van der Waals surface area contributed by atoms with E-state index in [-0.39, 0.29) is 17.1 Å². The first-order chi connectivity index (χ1) is 12.0. The summed E-state index contributed by atoms with van der Waals surface area (Å²) in [5.74, 6) is 0.111. The van der Waals surface area contributed by atoms with E-state index in [4.69, 9.17) is 0 Å². The molecule has 0 spiro atoms. The van der Waals surface area contributed by atoms with Gasteiger partial charge in [0.2, 0.25) is 5.91 Å². The average molecular weight is 345 g/mol. The molecule has 0 saturated heterocycles. The van der Waals surface area contributed by atoms with Crippen LogP contribution in [0.2, 0.25) is 0 Å². The highest BCUT2D eigenvalue weighted by Gasteiger charge is 2.31. The van der Waals surface area contributed by atoms with Crippen molar-refractivity contribution in [3.05, 3.63) is 41.5 Å². The van der Waals surface area contributed by atoms with Crippen LogP contribution in [-0.4, -0.2) is 32.7 Å². The van der Waals surface area contributed by atoms with Crippen LogP contribution in [0.4, 0.5) is 4.39 Å². The van der Waals surface area contributed by atoms with Gasteiger partial charge in [-0.25, -0.2) is 9.07 Å². The maximum atomic E-state index is 13.5. The van der Waals surface area contributed by atoms with Gasteiger partial charge in [-0.15, -0.1) is 5.10 Å². The predicted octanol–water partition coefficient (Wildman–Crippen LogP) is 2.60. The number of aryl methyl sites for hydroxylation is 1. The number of hydrogen-bond acceptors (Lipinski definition) is 4. The molecule has 0 aliphatic heterocycles. The monoisotopic (exact) mass is 345 g/mol. The summed E-state index contributed by atoms with van der Waals surface area (Å²) >= 11 is 0. The number of carbonyl (C=O) groups excluding carboxylic acids is 1. The molecule has 1 aliphatic rings. The molecule has 1 fully saturated rings. The molecule has 1 saturated carbocycles. The molecule has 1 atom stereocenters.